The summed E-state index contributed by atoms with van der Waals surface area (Å²) >= 11 is 0. The maximum absolute atomic E-state index is 11.6. The monoisotopic (exact) mass is 348 g/mol. The molecule has 1 saturated heterocycles. The van der Waals surface area contributed by atoms with Gasteiger partial charge < -0.3 is 14.5 Å². The molecule has 126 valence electrons. The van der Waals surface area contributed by atoms with Crippen LogP contribution >= 0.6 is 15.6 Å². The first-order chi connectivity index (χ1) is 9.79. The summed E-state index contributed by atoms with van der Waals surface area (Å²) < 4.78 is 47.0. The lowest BCUT2D eigenvalue weighted by molar-refractivity contribution is -0.00149. The van der Waals surface area contributed by atoms with Crippen LogP contribution in [0.25, 0.3) is 0 Å². The molecule has 0 amide bonds. The fourth-order valence-corrected chi connectivity index (χ4v) is 3.09. The van der Waals surface area contributed by atoms with Crippen molar-refractivity contribution >= 4 is 15.6 Å². The summed E-state index contributed by atoms with van der Waals surface area (Å²) in [5, 5.41) is 0. The Hall–Kier alpha value is 0.180. The van der Waals surface area contributed by atoms with Gasteiger partial charge >= 0.3 is 15.6 Å². The summed E-state index contributed by atoms with van der Waals surface area (Å²) in [4.78, 5) is 18.7. The molecule has 0 aromatic carbocycles. The molecule has 1 heterocycles. The number of phosphoric ester groups is 2. The molecule has 3 unspecified atom stereocenters. The summed E-state index contributed by atoms with van der Waals surface area (Å²) in [5.74, 6) is 0. The molecule has 0 aromatic rings. The van der Waals surface area contributed by atoms with Gasteiger partial charge in [0.2, 0.25) is 0 Å². The predicted molar refractivity (Wildman–Crippen MR) is 72.7 cm³/mol. The van der Waals surface area contributed by atoms with E-state index in [1.165, 1.54) is 0 Å². The minimum absolute atomic E-state index is 0.116. The van der Waals surface area contributed by atoms with Crippen molar-refractivity contribution in [2.24, 2.45) is 0 Å². The fourth-order valence-electron chi connectivity index (χ4n) is 1.65. The molecular weight excluding hydrogens is 326 g/mol. The van der Waals surface area contributed by atoms with Gasteiger partial charge in [-0.3, -0.25) is 18.1 Å². The van der Waals surface area contributed by atoms with Crippen molar-refractivity contribution in [1.82, 2.24) is 0 Å². The zero-order chi connectivity index (χ0) is 15.9. The zero-order valence-corrected chi connectivity index (χ0v) is 13.8. The number of hydrogen-bond acceptors (Lipinski definition) is 7. The normalized spacial score (nSPS) is 28.2. The molecule has 0 bridgehead atoms. The van der Waals surface area contributed by atoms with Crippen LogP contribution in [0.5, 0.6) is 0 Å². The first-order valence-corrected chi connectivity index (χ1v) is 9.59. The number of ether oxygens (including phenoxy) is 1. The highest BCUT2D eigenvalue weighted by Crippen LogP contribution is 2.47. The van der Waals surface area contributed by atoms with Crippen molar-refractivity contribution in [1.29, 1.82) is 0 Å². The van der Waals surface area contributed by atoms with Crippen molar-refractivity contribution in [3.63, 3.8) is 0 Å². The Morgan fingerprint density at radius 3 is 2.57 bits per heavy atom. The molecule has 1 rings (SSSR count). The van der Waals surface area contributed by atoms with Crippen molar-refractivity contribution in [2.45, 2.75) is 38.4 Å². The molecule has 1 fully saturated rings. The van der Waals surface area contributed by atoms with Crippen molar-refractivity contribution in [3.05, 3.63) is 0 Å². The van der Waals surface area contributed by atoms with Crippen molar-refractivity contribution < 1.29 is 41.7 Å². The van der Waals surface area contributed by atoms with Crippen LogP contribution in [0.1, 0.15) is 26.2 Å². The molecule has 0 spiro atoms. The van der Waals surface area contributed by atoms with Gasteiger partial charge in [0.25, 0.3) is 0 Å². The third-order valence-electron chi connectivity index (χ3n) is 2.80. The quantitative estimate of drug-likeness (QED) is 0.450. The maximum atomic E-state index is 11.6. The fraction of sp³-hybridized carbons (Fsp3) is 1.00. The van der Waals surface area contributed by atoms with E-state index >= 15 is 0 Å². The molecule has 1 aliphatic heterocycles. The topological polar surface area (TPSA) is 121 Å². The van der Waals surface area contributed by atoms with E-state index in [0.717, 1.165) is 13.5 Å². The number of rotatable bonds is 10. The number of phosphoric acid groups is 2. The Kier molecular flexibility index (Phi) is 7.98. The minimum Gasteiger partial charge on any atom is -0.373 e. The Labute approximate surface area is 123 Å². The maximum Gasteiger partial charge on any atom is 0.472 e. The van der Waals surface area contributed by atoms with Crippen LogP contribution in [0, 0.1) is 0 Å². The van der Waals surface area contributed by atoms with Crippen molar-refractivity contribution in [2.75, 3.05) is 26.9 Å². The molecule has 0 aliphatic carbocycles. The largest absolute Gasteiger partial charge is 0.472 e. The highest BCUT2D eigenvalue weighted by molar-refractivity contribution is 7.47. The third-order valence-corrected chi connectivity index (χ3v) is 4.79. The van der Waals surface area contributed by atoms with Gasteiger partial charge in [-0.25, -0.2) is 9.13 Å². The average Bonchev–Trinajstić information content (AvgIpc) is 2.83. The first kappa shape index (κ1) is 19.2. The van der Waals surface area contributed by atoms with Crippen LogP contribution in [0.2, 0.25) is 0 Å². The SMILES string of the molecule is CCCCOP(=O)(O)OC[C@H]1OCCC1OP(=O)(O)OC. The first-order valence-electron chi connectivity index (χ1n) is 6.60. The average molecular weight is 348 g/mol. The van der Waals surface area contributed by atoms with Gasteiger partial charge in [0, 0.05) is 20.1 Å². The summed E-state index contributed by atoms with van der Waals surface area (Å²) in [6.07, 6.45) is 0.326. The Morgan fingerprint density at radius 1 is 1.24 bits per heavy atom. The molecule has 9 nitrogen and oxygen atoms in total. The van der Waals surface area contributed by atoms with Gasteiger partial charge in [-0.15, -0.1) is 0 Å². The lowest BCUT2D eigenvalue weighted by Crippen LogP contribution is -2.28. The molecule has 4 atom stereocenters. The molecule has 0 aromatic heterocycles. The minimum atomic E-state index is -4.16. The van der Waals surface area contributed by atoms with Crippen LogP contribution < -0.4 is 0 Å². The van der Waals surface area contributed by atoms with E-state index in [9.17, 15) is 18.9 Å². The van der Waals surface area contributed by atoms with Crippen LogP contribution in [0.3, 0.4) is 0 Å². The smallest absolute Gasteiger partial charge is 0.373 e. The van der Waals surface area contributed by atoms with E-state index in [0.29, 0.717) is 12.8 Å². The summed E-state index contributed by atoms with van der Waals surface area (Å²) in [7, 11) is -7.25. The molecule has 0 radical (unpaired) electrons. The number of unbranched alkanes of at least 4 members (excludes halogenated alkanes) is 1. The molecular formula is C10H22O9P2. The highest BCUT2D eigenvalue weighted by Gasteiger charge is 2.37. The van der Waals surface area contributed by atoms with Crippen LogP contribution in [-0.2, 0) is 32.0 Å². The zero-order valence-electron chi connectivity index (χ0n) is 12.0. The van der Waals surface area contributed by atoms with Crippen LogP contribution in [-0.4, -0.2) is 48.9 Å². The molecule has 11 heteroatoms. The van der Waals surface area contributed by atoms with Gasteiger partial charge in [0.05, 0.1) is 13.2 Å². The summed E-state index contributed by atoms with van der Waals surface area (Å²) in [6, 6.07) is 0. The second kappa shape index (κ2) is 8.72. The second-order valence-corrected chi connectivity index (χ2v) is 7.41. The van der Waals surface area contributed by atoms with E-state index in [2.05, 4.69) is 4.52 Å². The van der Waals surface area contributed by atoms with E-state index in [1.807, 2.05) is 6.92 Å². The van der Waals surface area contributed by atoms with Crippen molar-refractivity contribution in [3.8, 4) is 0 Å². The van der Waals surface area contributed by atoms with Crippen LogP contribution in [0.4, 0.5) is 0 Å². The van der Waals surface area contributed by atoms with E-state index in [-0.39, 0.29) is 19.8 Å². The highest BCUT2D eigenvalue weighted by atomic mass is 31.2. The molecule has 0 saturated carbocycles. The Morgan fingerprint density at radius 2 is 1.95 bits per heavy atom. The van der Waals surface area contributed by atoms with Crippen LogP contribution in [0.15, 0.2) is 0 Å². The summed E-state index contributed by atoms with van der Waals surface area (Å²) in [5.41, 5.74) is 0. The number of hydrogen-bond donors (Lipinski definition) is 2. The standard InChI is InChI=1S/C10H22O9P2/c1-3-4-6-17-21(13,14)18-8-10-9(5-7-16-10)19-20(11,12)15-2/h9-10H,3-8H2,1-2H3,(H,11,12)(H,13,14)/t9?,10-/m1/s1. The lowest BCUT2D eigenvalue weighted by atomic mass is 10.2. The molecule has 21 heavy (non-hydrogen) atoms. The Bertz CT molecular complexity index is 402. The Balaban J connectivity index is 2.42. The predicted octanol–water partition coefficient (Wildman–Crippen LogP) is 1.84. The van der Waals surface area contributed by atoms with Gasteiger partial charge in [-0.05, 0) is 6.42 Å². The van der Waals surface area contributed by atoms with E-state index in [1.54, 1.807) is 0 Å². The van der Waals surface area contributed by atoms with Gasteiger partial charge in [0.15, 0.2) is 0 Å². The van der Waals surface area contributed by atoms with Gasteiger partial charge in [0.1, 0.15) is 12.2 Å². The van der Waals surface area contributed by atoms with Gasteiger partial charge in [-0.1, -0.05) is 13.3 Å². The second-order valence-electron chi connectivity index (χ2n) is 4.44. The van der Waals surface area contributed by atoms with Gasteiger partial charge in [-0.2, -0.15) is 0 Å². The lowest BCUT2D eigenvalue weighted by Gasteiger charge is -2.21. The third kappa shape index (κ3) is 7.32. The van der Waals surface area contributed by atoms with E-state index < -0.39 is 27.9 Å². The van der Waals surface area contributed by atoms with E-state index in [4.69, 9.17) is 18.3 Å². The molecule has 1 aliphatic rings. The summed E-state index contributed by atoms with van der Waals surface area (Å²) in [6.45, 7) is 2.04. The molecule has 2 N–H and O–H groups in total.